The van der Waals surface area contributed by atoms with E-state index in [0.29, 0.717) is 0 Å². The lowest BCUT2D eigenvalue weighted by atomic mass is 10.3. The lowest BCUT2D eigenvalue weighted by molar-refractivity contribution is 0.143. The van der Waals surface area contributed by atoms with Gasteiger partial charge in [0.05, 0.1) is 0 Å². The Bertz CT molecular complexity index is 317. The Morgan fingerprint density at radius 2 is 2.08 bits per heavy atom. The fourth-order valence-corrected chi connectivity index (χ4v) is 1.70. The minimum Gasteiger partial charge on any atom is -0.217 e. The largest absolute Gasteiger partial charge is 0.281 e. The number of pyridine rings is 1. The molecule has 6 heteroatoms. The van der Waals surface area contributed by atoms with Crippen LogP contribution in [-0.4, -0.2) is 4.98 Å². The molecule has 1 rings (SSSR count). The van der Waals surface area contributed by atoms with Gasteiger partial charge in [-0.3, -0.25) is 0 Å². The van der Waals surface area contributed by atoms with Crippen molar-refractivity contribution >= 4 is 31.9 Å². The number of aromatic nitrogens is 1. The first-order valence-electron chi connectivity index (χ1n) is 3.25. The molecular weight excluding hydrogens is 315 g/mol. The standard InChI is InChI=1S/C7H4Br2F3N/c8-2-3-1-4(9)5(6(10)11)13-7(3)12/h1,6H,2H2. The van der Waals surface area contributed by atoms with Crippen molar-refractivity contribution in [3.05, 3.63) is 27.7 Å². The molecule has 1 aromatic rings. The fraction of sp³-hybridized carbons (Fsp3) is 0.286. The van der Waals surface area contributed by atoms with Crippen LogP contribution in [0.15, 0.2) is 10.5 Å². The van der Waals surface area contributed by atoms with Gasteiger partial charge in [0, 0.05) is 15.4 Å². The third kappa shape index (κ3) is 2.43. The second kappa shape index (κ2) is 4.41. The lowest BCUT2D eigenvalue weighted by Crippen LogP contribution is -1.99. The van der Waals surface area contributed by atoms with Crippen LogP contribution in [0.5, 0.6) is 0 Å². The molecule has 0 radical (unpaired) electrons. The van der Waals surface area contributed by atoms with Gasteiger partial charge in [-0.15, -0.1) is 0 Å². The second-order valence-corrected chi connectivity index (χ2v) is 3.65. The third-order valence-corrected chi connectivity index (χ3v) is 2.62. The van der Waals surface area contributed by atoms with Gasteiger partial charge in [0.1, 0.15) is 5.69 Å². The number of nitrogens with zero attached hydrogens (tertiary/aromatic N) is 1. The van der Waals surface area contributed by atoms with Crippen LogP contribution in [-0.2, 0) is 5.33 Å². The average molecular weight is 319 g/mol. The molecule has 0 aromatic carbocycles. The molecule has 13 heavy (non-hydrogen) atoms. The highest BCUT2D eigenvalue weighted by Gasteiger charge is 2.16. The third-order valence-electron chi connectivity index (χ3n) is 1.38. The van der Waals surface area contributed by atoms with Gasteiger partial charge in [-0.2, -0.15) is 4.39 Å². The number of rotatable bonds is 2. The van der Waals surface area contributed by atoms with Crippen LogP contribution >= 0.6 is 31.9 Å². The molecule has 0 amide bonds. The van der Waals surface area contributed by atoms with Crippen molar-refractivity contribution < 1.29 is 13.2 Å². The van der Waals surface area contributed by atoms with Crippen LogP contribution in [0.3, 0.4) is 0 Å². The number of hydrogen-bond donors (Lipinski definition) is 0. The first kappa shape index (κ1) is 11.0. The van der Waals surface area contributed by atoms with E-state index in [1.807, 2.05) is 0 Å². The monoisotopic (exact) mass is 317 g/mol. The summed E-state index contributed by atoms with van der Waals surface area (Å²) in [4.78, 5) is 3.15. The molecule has 0 aliphatic heterocycles. The first-order valence-corrected chi connectivity index (χ1v) is 5.16. The first-order chi connectivity index (χ1) is 6.06. The summed E-state index contributed by atoms with van der Waals surface area (Å²) in [5.41, 5.74) is -0.321. The molecule has 0 N–H and O–H groups in total. The summed E-state index contributed by atoms with van der Waals surface area (Å²) < 4.78 is 37.4. The fourth-order valence-electron chi connectivity index (χ4n) is 0.764. The summed E-state index contributed by atoms with van der Waals surface area (Å²) in [6, 6.07) is 1.29. The van der Waals surface area contributed by atoms with E-state index >= 15 is 0 Å². The highest BCUT2D eigenvalue weighted by molar-refractivity contribution is 9.10. The van der Waals surface area contributed by atoms with Crippen LogP contribution in [0.4, 0.5) is 13.2 Å². The maximum absolute atomic E-state index is 12.9. The van der Waals surface area contributed by atoms with Crippen LogP contribution in [0, 0.1) is 5.95 Å². The molecule has 0 spiro atoms. The van der Waals surface area contributed by atoms with Gasteiger partial charge in [0.25, 0.3) is 6.43 Å². The van der Waals surface area contributed by atoms with Crippen molar-refractivity contribution in [1.82, 2.24) is 4.98 Å². The molecule has 0 atom stereocenters. The van der Waals surface area contributed by atoms with Crippen LogP contribution in [0.25, 0.3) is 0 Å². The van der Waals surface area contributed by atoms with Crippen molar-refractivity contribution in [3.8, 4) is 0 Å². The zero-order valence-corrected chi connectivity index (χ0v) is 9.37. The van der Waals surface area contributed by atoms with E-state index in [1.165, 1.54) is 6.07 Å². The van der Waals surface area contributed by atoms with E-state index in [-0.39, 0.29) is 15.4 Å². The molecule has 0 aliphatic carbocycles. The minimum absolute atomic E-state index is 0.123. The molecule has 1 nitrogen and oxygen atoms in total. The van der Waals surface area contributed by atoms with Gasteiger partial charge >= 0.3 is 0 Å². The van der Waals surface area contributed by atoms with Gasteiger partial charge in [0.2, 0.25) is 5.95 Å². The summed E-state index contributed by atoms with van der Waals surface area (Å²) in [7, 11) is 0. The summed E-state index contributed by atoms with van der Waals surface area (Å²) in [5, 5.41) is 0.244. The van der Waals surface area contributed by atoms with Crippen molar-refractivity contribution in [2.45, 2.75) is 11.8 Å². The van der Waals surface area contributed by atoms with Gasteiger partial charge in [0.15, 0.2) is 0 Å². The summed E-state index contributed by atoms with van der Waals surface area (Å²) >= 11 is 5.91. The highest BCUT2D eigenvalue weighted by Crippen LogP contribution is 2.27. The van der Waals surface area contributed by atoms with E-state index in [9.17, 15) is 13.2 Å². The normalized spacial score (nSPS) is 10.9. The Kier molecular flexibility index (Phi) is 3.73. The van der Waals surface area contributed by atoms with Crippen molar-refractivity contribution in [1.29, 1.82) is 0 Å². The minimum atomic E-state index is -2.77. The SMILES string of the molecule is Fc1nc(C(F)F)c(Br)cc1CBr. The zero-order chi connectivity index (χ0) is 10.0. The van der Waals surface area contributed by atoms with E-state index in [4.69, 9.17) is 0 Å². The Labute approximate surface area is 89.6 Å². The molecule has 0 saturated carbocycles. The van der Waals surface area contributed by atoms with Crippen molar-refractivity contribution in [2.75, 3.05) is 0 Å². The topological polar surface area (TPSA) is 12.9 Å². The van der Waals surface area contributed by atoms with Crippen LogP contribution < -0.4 is 0 Å². The smallest absolute Gasteiger partial charge is 0.217 e. The van der Waals surface area contributed by atoms with E-state index < -0.39 is 18.1 Å². The quantitative estimate of drug-likeness (QED) is 0.597. The predicted octanol–water partition coefficient (Wildman–Crippen LogP) is 3.82. The van der Waals surface area contributed by atoms with Crippen LogP contribution in [0.2, 0.25) is 0 Å². The van der Waals surface area contributed by atoms with Gasteiger partial charge in [-0.25, -0.2) is 13.8 Å². The number of alkyl halides is 3. The van der Waals surface area contributed by atoms with Crippen molar-refractivity contribution in [3.63, 3.8) is 0 Å². The van der Waals surface area contributed by atoms with Crippen LogP contribution in [0.1, 0.15) is 17.7 Å². The molecule has 0 aliphatic rings. The summed E-state index contributed by atoms with van der Waals surface area (Å²) in [6.07, 6.45) is -2.77. The molecule has 1 heterocycles. The molecule has 0 unspecified atom stereocenters. The van der Waals surface area contributed by atoms with E-state index in [1.54, 1.807) is 0 Å². The van der Waals surface area contributed by atoms with Gasteiger partial charge in [-0.05, 0) is 22.0 Å². The molecule has 0 fully saturated rings. The van der Waals surface area contributed by atoms with Crippen molar-refractivity contribution in [2.24, 2.45) is 0 Å². The lowest BCUT2D eigenvalue weighted by Gasteiger charge is -2.04. The molecule has 72 valence electrons. The summed E-state index contributed by atoms with van der Waals surface area (Å²) in [5.74, 6) is -0.865. The maximum Gasteiger partial charge on any atom is 0.281 e. The zero-order valence-electron chi connectivity index (χ0n) is 6.20. The maximum atomic E-state index is 12.9. The Morgan fingerprint density at radius 1 is 1.46 bits per heavy atom. The number of halogens is 5. The Hall–Kier alpha value is -0.100. The molecule has 0 saturated heterocycles. The average Bonchev–Trinajstić information content (AvgIpc) is 2.07. The Morgan fingerprint density at radius 3 is 2.54 bits per heavy atom. The van der Waals surface area contributed by atoms with E-state index in [0.717, 1.165) is 0 Å². The highest BCUT2D eigenvalue weighted by atomic mass is 79.9. The van der Waals surface area contributed by atoms with E-state index in [2.05, 4.69) is 36.8 Å². The molecule has 0 bridgehead atoms. The summed E-state index contributed by atoms with van der Waals surface area (Å²) in [6.45, 7) is 0. The molecule has 1 aromatic heterocycles. The second-order valence-electron chi connectivity index (χ2n) is 2.24. The van der Waals surface area contributed by atoms with Gasteiger partial charge in [-0.1, -0.05) is 15.9 Å². The Balaban J connectivity index is 3.20. The molecular formula is C7H4Br2F3N. The predicted molar refractivity (Wildman–Crippen MR) is 49.5 cm³/mol. The van der Waals surface area contributed by atoms with Gasteiger partial charge < -0.3 is 0 Å². The number of hydrogen-bond acceptors (Lipinski definition) is 1.